The van der Waals surface area contributed by atoms with E-state index in [0.717, 1.165) is 0 Å². The molecule has 3 heterocycles. The molecule has 3 aromatic heterocycles. The van der Waals surface area contributed by atoms with Gasteiger partial charge in [0.2, 0.25) is 5.88 Å². The topological polar surface area (TPSA) is 122 Å². The molecule has 0 aromatic carbocycles. The molecule has 1 amide bonds. The normalized spacial score (nSPS) is 10.5. The summed E-state index contributed by atoms with van der Waals surface area (Å²) < 4.78 is 6.35. The summed E-state index contributed by atoms with van der Waals surface area (Å²) in [5, 5.41) is 14.1. The number of hydrogen-bond donors (Lipinski definition) is 3. The molecule has 0 spiro atoms. The minimum Gasteiger partial charge on any atom is -0.481 e. The van der Waals surface area contributed by atoms with Gasteiger partial charge in [0.05, 0.1) is 24.8 Å². The molecule has 0 atom stereocenters. The number of aliphatic hydroxyl groups is 1. The molecule has 0 saturated carbocycles. The van der Waals surface area contributed by atoms with Gasteiger partial charge in [0.25, 0.3) is 11.5 Å². The summed E-state index contributed by atoms with van der Waals surface area (Å²) in [4.78, 5) is 32.6. The lowest BCUT2D eigenvalue weighted by molar-refractivity contribution is 0.0944. The van der Waals surface area contributed by atoms with Crippen molar-refractivity contribution in [3.8, 4) is 22.8 Å². The number of aliphatic hydroxyl groups excluding tert-OH is 1. The van der Waals surface area contributed by atoms with Crippen molar-refractivity contribution in [1.82, 2.24) is 25.1 Å². The maximum Gasteiger partial charge on any atom is 0.280 e. The number of amides is 1. The van der Waals surface area contributed by atoms with Gasteiger partial charge in [-0.15, -0.1) is 0 Å². The van der Waals surface area contributed by atoms with Gasteiger partial charge >= 0.3 is 0 Å². The van der Waals surface area contributed by atoms with Crippen LogP contribution in [0.4, 0.5) is 0 Å². The van der Waals surface area contributed by atoms with Crippen molar-refractivity contribution in [3.63, 3.8) is 0 Å². The standard InChI is InChI=1S/C17H17N5O4/c1-26-15-8-11(4-5-18-15)13-10-21-22(17(13)25)14-3-2-12(9-20-14)16(24)19-6-7-23/h2-5,8-10,21,23H,6-7H2,1H3,(H,19,24). The van der Waals surface area contributed by atoms with Crippen LogP contribution in [0.2, 0.25) is 0 Å². The Balaban J connectivity index is 1.88. The third kappa shape index (κ3) is 3.47. The van der Waals surface area contributed by atoms with Crippen molar-refractivity contribution in [2.24, 2.45) is 0 Å². The van der Waals surface area contributed by atoms with E-state index >= 15 is 0 Å². The smallest absolute Gasteiger partial charge is 0.280 e. The number of rotatable bonds is 6. The van der Waals surface area contributed by atoms with E-state index in [-0.39, 0.29) is 24.6 Å². The number of carbonyl (C=O) groups excluding carboxylic acids is 1. The highest BCUT2D eigenvalue weighted by atomic mass is 16.5. The zero-order chi connectivity index (χ0) is 18.5. The second kappa shape index (κ2) is 7.62. The predicted octanol–water partition coefficient (Wildman–Crippen LogP) is 0.353. The molecule has 0 aliphatic rings. The zero-order valence-corrected chi connectivity index (χ0v) is 14.0. The quantitative estimate of drug-likeness (QED) is 0.587. The molecule has 26 heavy (non-hydrogen) atoms. The Morgan fingerprint density at radius 1 is 1.35 bits per heavy atom. The SMILES string of the molecule is COc1cc(-c2c[nH]n(-c3ccc(C(=O)NCCO)cn3)c2=O)ccn1. The Hall–Kier alpha value is -3.46. The number of H-pyrrole nitrogens is 1. The van der Waals surface area contributed by atoms with Crippen LogP contribution in [0, 0.1) is 0 Å². The van der Waals surface area contributed by atoms with Gasteiger partial charge in [0.1, 0.15) is 0 Å². The highest BCUT2D eigenvalue weighted by Crippen LogP contribution is 2.19. The first-order valence-corrected chi connectivity index (χ1v) is 7.80. The molecule has 0 bridgehead atoms. The van der Waals surface area contributed by atoms with Crippen molar-refractivity contribution >= 4 is 5.91 Å². The van der Waals surface area contributed by atoms with Crippen molar-refractivity contribution < 1.29 is 14.6 Å². The number of aromatic amines is 1. The van der Waals surface area contributed by atoms with E-state index in [0.29, 0.717) is 28.4 Å². The number of carbonyl (C=O) groups is 1. The predicted molar refractivity (Wildman–Crippen MR) is 93.4 cm³/mol. The van der Waals surface area contributed by atoms with Gasteiger partial charge in [-0.05, 0) is 23.8 Å². The summed E-state index contributed by atoms with van der Waals surface area (Å²) >= 11 is 0. The Morgan fingerprint density at radius 3 is 2.88 bits per heavy atom. The lowest BCUT2D eigenvalue weighted by atomic mass is 10.1. The number of methoxy groups -OCH3 is 1. The monoisotopic (exact) mass is 355 g/mol. The molecule has 3 rings (SSSR count). The first-order chi connectivity index (χ1) is 12.6. The summed E-state index contributed by atoms with van der Waals surface area (Å²) in [7, 11) is 1.50. The van der Waals surface area contributed by atoms with Crippen LogP contribution < -0.4 is 15.6 Å². The van der Waals surface area contributed by atoms with Crippen molar-refractivity contribution in [2.75, 3.05) is 20.3 Å². The molecule has 134 valence electrons. The molecule has 0 saturated heterocycles. The molecule has 3 aromatic rings. The number of hydrogen-bond acceptors (Lipinski definition) is 6. The van der Waals surface area contributed by atoms with E-state index in [1.807, 2.05) is 0 Å². The molecule has 0 fully saturated rings. The van der Waals surface area contributed by atoms with Gasteiger partial charge in [0, 0.05) is 31.2 Å². The molecule has 0 aliphatic heterocycles. The summed E-state index contributed by atoms with van der Waals surface area (Å²) in [6.07, 6.45) is 4.49. The van der Waals surface area contributed by atoms with E-state index < -0.39 is 0 Å². The number of nitrogens with zero attached hydrogens (tertiary/aromatic N) is 3. The number of nitrogens with one attached hydrogen (secondary N) is 2. The number of pyridine rings is 2. The lowest BCUT2D eigenvalue weighted by Gasteiger charge is -2.04. The second-order valence-corrected chi connectivity index (χ2v) is 5.30. The van der Waals surface area contributed by atoms with Crippen LogP contribution in [-0.2, 0) is 0 Å². The van der Waals surface area contributed by atoms with Crippen molar-refractivity contribution in [2.45, 2.75) is 0 Å². The average molecular weight is 355 g/mol. The molecule has 0 aliphatic carbocycles. The van der Waals surface area contributed by atoms with Gasteiger partial charge in [-0.1, -0.05) is 0 Å². The molecular formula is C17H17N5O4. The van der Waals surface area contributed by atoms with E-state index in [2.05, 4.69) is 20.4 Å². The first kappa shape index (κ1) is 17.4. The fourth-order valence-corrected chi connectivity index (χ4v) is 2.36. The third-order valence-corrected chi connectivity index (χ3v) is 3.66. The maximum atomic E-state index is 12.7. The highest BCUT2D eigenvalue weighted by Gasteiger charge is 2.12. The van der Waals surface area contributed by atoms with Gasteiger partial charge in [-0.2, -0.15) is 0 Å². The van der Waals surface area contributed by atoms with Gasteiger partial charge in [-0.25, -0.2) is 14.6 Å². The van der Waals surface area contributed by atoms with E-state index in [9.17, 15) is 9.59 Å². The fraction of sp³-hybridized carbons (Fsp3) is 0.176. The van der Waals surface area contributed by atoms with Crippen LogP contribution in [0.5, 0.6) is 5.88 Å². The second-order valence-electron chi connectivity index (χ2n) is 5.30. The molecular weight excluding hydrogens is 338 g/mol. The van der Waals surface area contributed by atoms with E-state index in [1.165, 1.54) is 18.0 Å². The van der Waals surface area contributed by atoms with Crippen molar-refractivity contribution in [1.29, 1.82) is 0 Å². The summed E-state index contributed by atoms with van der Waals surface area (Å²) in [6.45, 7) is 0.0209. The van der Waals surface area contributed by atoms with E-state index in [1.54, 1.807) is 36.7 Å². The highest BCUT2D eigenvalue weighted by molar-refractivity contribution is 5.93. The Kier molecular flexibility index (Phi) is 5.09. The Labute approximate surface area is 148 Å². The van der Waals surface area contributed by atoms with Crippen LogP contribution in [0.25, 0.3) is 16.9 Å². The molecule has 0 unspecified atom stereocenters. The molecule has 3 N–H and O–H groups in total. The summed E-state index contributed by atoms with van der Waals surface area (Å²) in [6, 6.07) is 6.48. The first-order valence-electron chi connectivity index (χ1n) is 7.80. The fourth-order valence-electron chi connectivity index (χ4n) is 2.36. The number of aromatic nitrogens is 4. The minimum atomic E-state index is -0.346. The van der Waals surface area contributed by atoms with Crippen LogP contribution in [0.3, 0.4) is 0 Å². The average Bonchev–Trinajstić information content (AvgIpc) is 3.07. The minimum absolute atomic E-state index is 0.141. The summed E-state index contributed by atoms with van der Waals surface area (Å²) in [5.74, 6) is 0.411. The lowest BCUT2D eigenvalue weighted by Crippen LogP contribution is -2.26. The van der Waals surface area contributed by atoms with Gasteiger partial charge < -0.3 is 15.2 Å². The van der Waals surface area contributed by atoms with E-state index in [4.69, 9.17) is 9.84 Å². The van der Waals surface area contributed by atoms with Crippen LogP contribution in [-0.4, -0.2) is 51.0 Å². The third-order valence-electron chi connectivity index (χ3n) is 3.66. The Morgan fingerprint density at radius 2 is 2.19 bits per heavy atom. The van der Waals surface area contributed by atoms with Crippen molar-refractivity contribution in [3.05, 3.63) is 58.8 Å². The van der Waals surface area contributed by atoms with Crippen LogP contribution in [0.15, 0.2) is 47.7 Å². The molecule has 9 nitrogen and oxygen atoms in total. The van der Waals surface area contributed by atoms with Gasteiger partial charge in [0.15, 0.2) is 5.82 Å². The largest absolute Gasteiger partial charge is 0.481 e. The Bertz CT molecular complexity index is 962. The molecule has 0 radical (unpaired) electrons. The van der Waals surface area contributed by atoms with Gasteiger partial charge in [-0.3, -0.25) is 14.7 Å². The zero-order valence-electron chi connectivity index (χ0n) is 14.0. The number of ether oxygens (including phenoxy) is 1. The maximum absolute atomic E-state index is 12.7. The van der Waals surface area contributed by atoms with Crippen LogP contribution in [0.1, 0.15) is 10.4 Å². The summed E-state index contributed by atoms with van der Waals surface area (Å²) in [5.41, 5.74) is 1.15. The van der Waals surface area contributed by atoms with Crippen LogP contribution >= 0.6 is 0 Å². The molecule has 9 heteroatoms.